The number of ether oxygens (including phenoxy) is 2. The van der Waals surface area contributed by atoms with E-state index in [0.29, 0.717) is 51.0 Å². The van der Waals surface area contributed by atoms with Crippen LogP contribution in [0.5, 0.6) is 0 Å². The van der Waals surface area contributed by atoms with Gasteiger partial charge in [0.2, 0.25) is 0 Å². The molecule has 0 aliphatic carbocycles. The molecule has 8 nitrogen and oxygen atoms in total. The lowest BCUT2D eigenvalue weighted by Gasteiger charge is -2.25. The molecule has 0 aliphatic rings. The van der Waals surface area contributed by atoms with Crippen LogP contribution in [0.25, 0.3) is 0 Å². The van der Waals surface area contributed by atoms with Gasteiger partial charge in [0.1, 0.15) is 0 Å². The van der Waals surface area contributed by atoms with E-state index in [4.69, 9.17) is 9.47 Å². The lowest BCUT2D eigenvalue weighted by Crippen LogP contribution is -2.34. The number of rotatable bonds is 48. The number of unbranched alkanes of at least 4 members (excludes halogenated alkanes) is 20. The molecule has 0 aromatic rings. The van der Waals surface area contributed by atoms with Crippen LogP contribution in [-0.4, -0.2) is 97.6 Å². The Morgan fingerprint density at radius 1 is 0.373 bits per heavy atom. The van der Waals surface area contributed by atoms with E-state index in [1.807, 2.05) is 0 Å². The van der Waals surface area contributed by atoms with Crippen molar-refractivity contribution in [3.8, 4) is 0 Å². The molecule has 2 unspecified atom stereocenters. The Balaban J connectivity index is 4.36. The summed E-state index contributed by atoms with van der Waals surface area (Å²) >= 11 is 0. The molecule has 0 bridgehead atoms. The molecule has 0 rings (SSSR count). The van der Waals surface area contributed by atoms with Crippen LogP contribution in [-0.2, 0) is 19.1 Å². The first-order valence-corrected chi connectivity index (χ1v) is 25.9. The number of carbonyl (C=O) groups excluding carboxylic acids is 2. The standard InChI is InChI=1S/C51H102N2O6/c1-5-9-13-17-19-25-34-48(32-23-15-11-7-3)46-58-50(56)36-27-21-29-38-52(42-44-54)40-31-41-53(43-45-55)39-30-22-28-37-51(57)59-47-49(33-24-16-12-8-4)35-26-20-18-14-10-6-2/h48-49,54-55H,5-47H2,1-4H3. The molecule has 0 amide bonds. The smallest absolute Gasteiger partial charge is 0.305 e. The van der Waals surface area contributed by atoms with Gasteiger partial charge in [-0.15, -0.1) is 0 Å². The Morgan fingerprint density at radius 3 is 1.00 bits per heavy atom. The van der Waals surface area contributed by atoms with Crippen LogP contribution >= 0.6 is 0 Å². The fourth-order valence-corrected chi connectivity index (χ4v) is 8.37. The molecule has 0 aromatic carbocycles. The summed E-state index contributed by atoms with van der Waals surface area (Å²) in [7, 11) is 0. The van der Waals surface area contributed by atoms with Gasteiger partial charge in [-0.3, -0.25) is 9.59 Å². The number of nitrogens with zero attached hydrogens (tertiary/aromatic N) is 2. The molecule has 59 heavy (non-hydrogen) atoms. The lowest BCUT2D eigenvalue weighted by atomic mass is 9.95. The van der Waals surface area contributed by atoms with Gasteiger partial charge in [-0.25, -0.2) is 0 Å². The highest BCUT2D eigenvalue weighted by atomic mass is 16.5. The van der Waals surface area contributed by atoms with E-state index in [-0.39, 0.29) is 25.2 Å². The summed E-state index contributed by atoms with van der Waals surface area (Å²) in [4.78, 5) is 29.9. The minimum Gasteiger partial charge on any atom is -0.465 e. The topological polar surface area (TPSA) is 99.5 Å². The van der Waals surface area contributed by atoms with E-state index in [1.54, 1.807) is 0 Å². The Hall–Kier alpha value is -1.22. The quantitative estimate of drug-likeness (QED) is 0.0462. The molecular weight excluding hydrogens is 737 g/mol. The molecule has 2 N–H and O–H groups in total. The molecule has 0 saturated carbocycles. The van der Waals surface area contributed by atoms with Crippen molar-refractivity contribution < 1.29 is 29.3 Å². The third-order valence-electron chi connectivity index (χ3n) is 12.3. The Labute approximate surface area is 367 Å². The Bertz CT molecular complexity index is 807. The zero-order valence-electron chi connectivity index (χ0n) is 40.0. The van der Waals surface area contributed by atoms with Crippen LogP contribution in [0.2, 0.25) is 0 Å². The summed E-state index contributed by atoms with van der Waals surface area (Å²) in [6.07, 6.45) is 38.2. The maximum atomic E-state index is 12.6. The summed E-state index contributed by atoms with van der Waals surface area (Å²) in [6.45, 7) is 15.5. The van der Waals surface area contributed by atoms with Gasteiger partial charge >= 0.3 is 11.9 Å². The number of carbonyl (C=O) groups is 2. The first kappa shape index (κ1) is 57.8. The van der Waals surface area contributed by atoms with E-state index in [1.165, 1.54) is 154 Å². The average molecular weight is 839 g/mol. The molecule has 0 spiro atoms. The van der Waals surface area contributed by atoms with Crippen molar-refractivity contribution in [2.45, 2.75) is 240 Å². The Kier molecular flexibility index (Phi) is 45.3. The minimum atomic E-state index is -0.0432. The summed E-state index contributed by atoms with van der Waals surface area (Å²) in [5.74, 6) is 0.923. The number of aliphatic hydroxyl groups excluding tert-OH is 2. The van der Waals surface area contributed by atoms with E-state index < -0.39 is 0 Å². The van der Waals surface area contributed by atoms with Crippen LogP contribution in [0.15, 0.2) is 0 Å². The number of hydrogen-bond acceptors (Lipinski definition) is 8. The van der Waals surface area contributed by atoms with Gasteiger partial charge in [-0.2, -0.15) is 0 Å². The second kappa shape index (κ2) is 46.3. The van der Waals surface area contributed by atoms with Gasteiger partial charge in [0.15, 0.2) is 0 Å². The highest BCUT2D eigenvalue weighted by Gasteiger charge is 2.15. The number of hydrogen-bond donors (Lipinski definition) is 2. The van der Waals surface area contributed by atoms with Crippen LogP contribution < -0.4 is 0 Å². The van der Waals surface area contributed by atoms with Gasteiger partial charge < -0.3 is 29.5 Å². The molecular formula is C51H102N2O6. The molecule has 0 aromatic heterocycles. The normalized spacial score (nSPS) is 12.7. The third kappa shape index (κ3) is 40.6. The summed E-state index contributed by atoms with van der Waals surface area (Å²) < 4.78 is 11.6. The summed E-state index contributed by atoms with van der Waals surface area (Å²) in [5.41, 5.74) is 0. The van der Waals surface area contributed by atoms with Gasteiger partial charge in [-0.1, -0.05) is 169 Å². The van der Waals surface area contributed by atoms with E-state index in [0.717, 1.165) is 71.1 Å². The molecule has 0 radical (unpaired) electrons. The number of esters is 2. The lowest BCUT2D eigenvalue weighted by molar-refractivity contribution is -0.146. The second-order valence-corrected chi connectivity index (χ2v) is 18.0. The zero-order valence-corrected chi connectivity index (χ0v) is 40.0. The molecule has 0 aliphatic heterocycles. The summed E-state index contributed by atoms with van der Waals surface area (Å²) in [5, 5.41) is 19.4. The molecule has 0 heterocycles. The fourth-order valence-electron chi connectivity index (χ4n) is 8.37. The van der Waals surface area contributed by atoms with Crippen molar-refractivity contribution in [3.63, 3.8) is 0 Å². The molecule has 8 heteroatoms. The van der Waals surface area contributed by atoms with Crippen molar-refractivity contribution >= 4 is 11.9 Å². The highest BCUT2D eigenvalue weighted by molar-refractivity contribution is 5.69. The highest BCUT2D eigenvalue weighted by Crippen LogP contribution is 2.21. The van der Waals surface area contributed by atoms with Gasteiger partial charge in [0, 0.05) is 25.9 Å². The van der Waals surface area contributed by atoms with Crippen LogP contribution in [0, 0.1) is 11.8 Å². The first-order chi connectivity index (χ1) is 28.9. The van der Waals surface area contributed by atoms with Crippen molar-refractivity contribution in [1.29, 1.82) is 0 Å². The van der Waals surface area contributed by atoms with E-state index in [2.05, 4.69) is 37.5 Å². The first-order valence-electron chi connectivity index (χ1n) is 25.9. The average Bonchev–Trinajstić information content (AvgIpc) is 3.23. The number of aliphatic hydroxyl groups is 2. The van der Waals surface area contributed by atoms with E-state index >= 15 is 0 Å². The van der Waals surface area contributed by atoms with Crippen LogP contribution in [0.1, 0.15) is 240 Å². The largest absolute Gasteiger partial charge is 0.465 e. The van der Waals surface area contributed by atoms with Crippen molar-refractivity contribution in [2.24, 2.45) is 11.8 Å². The minimum absolute atomic E-state index is 0.0432. The molecule has 352 valence electrons. The molecule has 0 saturated heterocycles. The van der Waals surface area contributed by atoms with Crippen LogP contribution in [0.4, 0.5) is 0 Å². The SMILES string of the molecule is CCCCCCCCC(CCCCCC)COC(=O)CCCCCN(CCO)CCCN(CCO)CCCCCC(=O)OCC(CCCCCC)CCCCCCCC. The Morgan fingerprint density at radius 2 is 0.661 bits per heavy atom. The molecule has 0 fully saturated rings. The van der Waals surface area contributed by atoms with Gasteiger partial charge in [0.25, 0.3) is 0 Å². The van der Waals surface area contributed by atoms with Crippen molar-refractivity contribution in [1.82, 2.24) is 9.80 Å². The zero-order chi connectivity index (χ0) is 43.3. The summed E-state index contributed by atoms with van der Waals surface area (Å²) in [6, 6.07) is 0. The monoisotopic (exact) mass is 839 g/mol. The van der Waals surface area contributed by atoms with Crippen molar-refractivity contribution in [2.75, 3.05) is 65.7 Å². The van der Waals surface area contributed by atoms with Crippen LogP contribution in [0.3, 0.4) is 0 Å². The van der Waals surface area contributed by atoms with Crippen molar-refractivity contribution in [3.05, 3.63) is 0 Å². The second-order valence-electron chi connectivity index (χ2n) is 18.0. The fraction of sp³-hybridized carbons (Fsp3) is 0.961. The van der Waals surface area contributed by atoms with Gasteiger partial charge in [-0.05, 0) is 95.8 Å². The maximum absolute atomic E-state index is 12.6. The van der Waals surface area contributed by atoms with E-state index in [9.17, 15) is 19.8 Å². The maximum Gasteiger partial charge on any atom is 0.305 e. The van der Waals surface area contributed by atoms with Gasteiger partial charge in [0.05, 0.1) is 26.4 Å². The predicted molar refractivity (Wildman–Crippen MR) is 251 cm³/mol. The third-order valence-corrected chi connectivity index (χ3v) is 12.3. The molecule has 2 atom stereocenters. The predicted octanol–water partition coefficient (Wildman–Crippen LogP) is 12.8.